The van der Waals surface area contributed by atoms with E-state index in [0.717, 1.165) is 24.3 Å². The second-order valence-electron chi connectivity index (χ2n) is 7.30. The maximum absolute atomic E-state index is 9.52. The smallest absolute Gasteiger partial charge is 0.119 e. The molecule has 0 aliphatic rings. The Kier molecular flexibility index (Phi) is 26.9. The minimum atomic E-state index is 0.448. The zero-order valence-electron chi connectivity index (χ0n) is 21.3. The molecule has 0 amide bonds. The quantitative estimate of drug-likeness (QED) is 0.485. The van der Waals surface area contributed by atoms with Gasteiger partial charge in [-0.2, -0.15) is 0 Å². The van der Waals surface area contributed by atoms with Crippen molar-refractivity contribution in [1.29, 1.82) is 0 Å². The predicted molar refractivity (Wildman–Crippen MR) is 138 cm³/mol. The number of terminal acetylenes is 1. The summed E-state index contributed by atoms with van der Waals surface area (Å²) in [5.41, 5.74) is 3.63. The molecule has 2 aromatic carbocycles. The van der Waals surface area contributed by atoms with Crippen LogP contribution in [0.4, 0.5) is 0 Å². The van der Waals surface area contributed by atoms with E-state index < -0.39 is 0 Å². The van der Waals surface area contributed by atoms with Crippen molar-refractivity contribution >= 4 is 0 Å². The fraction of sp³-hybridized carbons (Fsp3) is 0.517. The predicted octanol–water partition coefficient (Wildman–Crippen LogP) is 9.15. The molecule has 30 heavy (non-hydrogen) atoms. The number of aromatic hydroxyl groups is 1. The van der Waals surface area contributed by atoms with Crippen LogP contribution in [0, 0.1) is 32.1 Å². The summed E-state index contributed by atoms with van der Waals surface area (Å²) >= 11 is 0. The van der Waals surface area contributed by atoms with E-state index in [2.05, 4.69) is 59.1 Å². The third-order valence-corrected chi connectivity index (χ3v) is 3.97. The molecule has 0 heterocycles. The largest absolute Gasteiger partial charge is 0.508 e. The highest BCUT2D eigenvalue weighted by molar-refractivity contribution is 5.38. The van der Waals surface area contributed by atoms with E-state index in [1.54, 1.807) is 13.0 Å². The molecule has 1 nitrogen and oxygen atoms in total. The van der Waals surface area contributed by atoms with Crippen LogP contribution in [0.15, 0.2) is 48.5 Å². The van der Waals surface area contributed by atoms with Gasteiger partial charge in [0.1, 0.15) is 5.75 Å². The molecular formula is C29H48O. The topological polar surface area (TPSA) is 20.2 Å². The Morgan fingerprint density at radius 1 is 0.900 bits per heavy atom. The minimum absolute atomic E-state index is 0.448. The van der Waals surface area contributed by atoms with Gasteiger partial charge in [-0.1, -0.05) is 109 Å². The molecule has 0 aliphatic heterocycles. The van der Waals surface area contributed by atoms with Gasteiger partial charge in [-0.15, -0.1) is 12.3 Å². The molecule has 0 aromatic heterocycles. The fourth-order valence-electron chi connectivity index (χ4n) is 2.48. The first-order valence-electron chi connectivity index (χ1n) is 11.5. The van der Waals surface area contributed by atoms with E-state index in [9.17, 15) is 5.11 Å². The van der Waals surface area contributed by atoms with Gasteiger partial charge in [0.25, 0.3) is 0 Å². The summed E-state index contributed by atoms with van der Waals surface area (Å²) in [7, 11) is 0. The summed E-state index contributed by atoms with van der Waals surface area (Å²) in [5, 5.41) is 9.52. The van der Waals surface area contributed by atoms with Crippen molar-refractivity contribution in [2.75, 3.05) is 0 Å². The second-order valence-corrected chi connectivity index (χ2v) is 7.30. The third-order valence-electron chi connectivity index (χ3n) is 3.97. The van der Waals surface area contributed by atoms with Crippen molar-refractivity contribution < 1.29 is 5.11 Å². The third kappa shape index (κ3) is 22.1. The molecule has 0 fully saturated rings. The number of phenols is 1. The molecule has 2 aromatic rings. The van der Waals surface area contributed by atoms with E-state index in [1.165, 1.54) is 30.4 Å². The number of hydrogen-bond donors (Lipinski definition) is 1. The first-order valence-corrected chi connectivity index (χ1v) is 11.5. The van der Waals surface area contributed by atoms with Gasteiger partial charge >= 0.3 is 0 Å². The number of rotatable bonds is 5. The highest BCUT2D eigenvalue weighted by Gasteiger charge is 2.02. The van der Waals surface area contributed by atoms with E-state index in [1.807, 2.05) is 51.1 Å². The summed E-state index contributed by atoms with van der Waals surface area (Å²) in [6, 6.07) is 16.0. The van der Waals surface area contributed by atoms with Crippen LogP contribution in [0.1, 0.15) is 90.8 Å². The Labute approximate surface area is 189 Å². The van der Waals surface area contributed by atoms with Gasteiger partial charge in [0.2, 0.25) is 0 Å². The lowest BCUT2D eigenvalue weighted by atomic mass is 10.0. The maximum atomic E-state index is 9.52. The molecule has 0 saturated carbocycles. The van der Waals surface area contributed by atoms with E-state index >= 15 is 0 Å². The van der Waals surface area contributed by atoms with Crippen LogP contribution in [0.5, 0.6) is 5.75 Å². The summed E-state index contributed by atoms with van der Waals surface area (Å²) in [4.78, 5) is 0. The Hall–Kier alpha value is -2.20. The highest BCUT2D eigenvalue weighted by atomic mass is 16.3. The lowest BCUT2D eigenvalue weighted by Gasteiger charge is -2.06. The van der Waals surface area contributed by atoms with E-state index in [0.29, 0.717) is 5.75 Å². The van der Waals surface area contributed by atoms with Gasteiger partial charge in [0.05, 0.1) is 0 Å². The van der Waals surface area contributed by atoms with Gasteiger partial charge in [-0.05, 0) is 56.7 Å². The van der Waals surface area contributed by atoms with Crippen molar-refractivity contribution in [3.05, 3.63) is 65.2 Å². The van der Waals surface area contributed by atoms with Crippen molar-refractivity contribution in [3.8, 4) is 18.1 Å². The van der Waals surface area contributed by atoms with Gasteiger partial charge in [0, 0.05) is 0 Å². The van der Waals surface area contributed by atoms with E-state index in [-0.39, 0.29) is 0 Å². The molecule has 0 radical (unpaired) electrons. The Balaban J connectivity index is -0.000000348. The molecule has 170 valence electrons. The zero-order chi connectivity index (χ0) is 23.8. The maximum Gasteiger partial charge on any atom is 0.119 e. The van der Waals surface area contributed by atoms with Crippen LogP contribution in [-0.4, -0.2) is 5.11 Å². The molecular weight excluding hydrogens is 364 g/mol. The number of hydrogen-bond acceptors (Lipinski definition) is 1. The number of unbranched alkanes of at least 4 members (excludes halogenated alkanes) is 1. The molecule has 0 bridgehead atoms. The average Bonchev–Trinajstić information content (AvgIpc) is 2.71. The van der Waals surface area contributed by atoms with Gasteiger partial charge in [0.15, 0.2) is 0 Å². The SMILES string of the molecule is C#CC.CC.CCCC(C)C.CCCCc1c(C)cccc1O.Cc1ccccc1. The van der Waals surface area contributed by atoms with Crippen LogP contribution in [0.3, 0.4) is 0 Å². The second kappa shape index (κ2) is 24.8. The van der Waals surface area contributed by atoms with Gasteiger partial charge < -0.3 is 5.11 Å². The Morgan fingerprint density at radius 3 is 1.73 bits per heavy atom. The first kappa shape index (κ1) is 32.5. The summed E-state index contributed by atoms with van der Waals surface area (Å²) < 4.78 is 0. The highest BCUT2D eigenvalue weighted by Crippen LogP contribution is 2.22. The van der Waals surface area contributed by atoms with Gasteiger partial charge in [-0.25, -0.2) is 0 Å². The monoisotopic (exact) mass is 412 g/mol. The number of phenolic OH excluding ortho intramolecular Hbond substituents is 1. The van der Waals surface area contributed by atoms with Crippen LogP contribution < -0.4 is 0 Å². The van der Waals surface area contributed by atoms with Crippen molar-refractivity contribution in [3.63, 3.8) is 0 Å². The number of aryl methyl sites for hydroxylation is 2. The molecule has 0 saturated heterocycles. The minimum Gasteiger partial charge on any atom is -0.508 e. The lowest BCUT2D eigenvalue weighted by molar-refractivity contribution is 0.466. The zero-order valence-corrected chi connectivity index (χ0v) is 21.3. The van der Waals surface area contributed by atoms with Crippen molar-refractivity contribution in [2.45, 2.75) is 94.4 Å². The molecule has 0 atom stereocenters. The number of benzene rings is 2. The average molecular weight is 413 g/mol. The lowest BCUT2D eigenvalue weighted by Crippen LogP contribution is -1.89. The molecule has 0 aliphatic carbocycles. The normalized spacial score (nSPS) is 8.57. The first-order chi connectivity index (χ1) is 14.3. The van der Waals surface area contributed by atoms with E-state index in [4.69, 9.17) is 0 Å². The molecule has 0 spiro atoms. The molecule has 2 rings (SSSR count). The van der Waals surface area contributed by atoms with Crippen molar-refractivity contribution in [2.24, 2.45) is 5.92 Å². The van der Waals surface area contributed by atoms with Crippen LogP contribution in [0.2, 0.25) is 0 Å². The van der Waals surface area contributed by atoms with Gasteiger partial charge in [-0.3, -0.25) is 0 Å². The Morgan fingerprint density at radius 2 is 1.43 bits per heavy atom. The molecule has 1 N–H and O–H groups in total. The fourth-order valence-corrected chi connectivity index (χ4v) is 2.48. The summed E-state index contributed by atoms with van der Waals surface area (Å²) in [5.74, 6) is 3.60. The molecule has 1 heteroatoms. The Bertz CT molecular complexity index is 600. The summed E-state index contributed by atoms with van der Waals surface area (Å²) in [6.07, 6.45) is 10.6. The molecule has 0 unspecified atom stereocenters. The van der Waals surface area contributed by atoms with Crippen LogP contribution >= 0.6 is 0 Å². The van der Waals surface area contributed by atoms with Crippen molar-refractivity contribution in [1.82, 2.24) is 0 Å². The van der Waals surface area contributed by atoms with Crippen LogP contribution in [0.25, 0.3) is 0 Å². The standard InChI is InChI=1S/C11H16O.C7H8.C6H14.C3H4.C2H6/c1-3-4-7-10-9(2)6-5-8-11(10)12;1-7-5-3-2-4-6-7;1-4-5-6(2)3;1-3-2;1-2/h5-6,8,12H,3-4,7H2,1-2H3;2-6H,1H3;6H,4-5H2,1-3H3;1H,2H3;1-2H3. The van der Waals surface area contributed by atoms with Crippen LogP contribution in [-0.2, 0) is 6.42 Å². The summed E-state index contributed by atoms with van der Waals surface area (Å²) in [6.45, 7) is 18.7.